The van der Waals surface area contributed by atoms with Gasteiger partial charge in [0.25, 0.3) is 0 Å². The summed E-state index contributed by atoms with van der Waals surface area (Å²) in [5.41, 5.74) is 1.55. The number of nitriles is 1. The van der Waals surface area contributed by atoms with E-state index in [1.165, 1.54) is 10.9 Å². The Morgan fingerprint density at radius 2 is 2.19 bits per heavy atom. The van der Waals surface area contributed by atoms with Crippen LogP contribution in [-0.2, 0) is 0 Å². The lowest BCUT2D eigenvalue weighted by atomic mass is 10.2. The molecule has 1 heterocycles. The number of ether oxygens (including phenoxy) is 1. The first-order valence-electron chi connectivity index (χ1n) is 6.43. The molecule has 1 aromatic heterocycles. The van der Waals surface area contributed by atoms with Crippen LogP contribution >= 0.6 is 0 Å². The average Bonchev–Trinajstić information content (AvgIpc) is 2.81. The molecule has 0 fully saturated rings. The van der Waals surface area contributed by atoms with Gasteiger partial charge in [-0.15, -0.1) is 0 Å². The molecule has 0 bridgehead atoms. The molecular weight excluding hydrogens is 270 g/mol. The summed E-state index contributed by atoms with van der Waals surface area (Å²) in [7, 11) is 0. The quantitative estimate of drug-likeness (QED) is 0.932. The third kappa shape index (κ3) is 3.03. The molecule has 6 heteroatoms. The van der Waals surface area contributed by atoms with Crippen molar-refractivity contribution in [3.05, 3.63) is 41.2 Å². The van der Waals surface area contributed by atoms with Crippen molar-refractivity contribution in [2.24, 2.45) is 0 Å². The van der Waals surface area contributed by atoms with Crippen LogP contribution in [0.4, 0.5) is 0 Å². The normalized spacial score (nSPS) is 10.4. The number of nitrogens with zero attached hydrogens (tertiary/aromatic N) is 3. The van der Waals surface area contributed by atoms with Gasteiger partial charge in [-0.2, -0.15) is 10.4 Å². The van der Waals surface area contributed by atoms with E-state index in [9.17, 15) is 10.1 Å². The van der Waals surface area contributed by atoms with E-state index in [2.05, 4.69) is 11.2 Å². The topological polar surface area (TPSA) is 88.1 Å². The fourth-order valence-corrected chi connectivity index (χ4v) is 1.91. The van der Waals surface area contributed by atoms with Crippen molar-refractivity contribution in [2.75, 3.05) is 0 Å². The van der Waals surface area contributed by atoms with Crippen LogP contribution in [0.3, 0.4) is 0 Å². The highest BCUT2D eigenvalue weighted by Crippen LogP contribution is 2.23. The van der Waals surface area contributed by atoms with Crippen LogP contribution in [0.2, 0.25) is 0 Å². The Labute approximate surface area is 122 Å². The third-order valence-electron chi connectivity index (χ3n) is 2.84. The Morgan fingerprint density at radius 1 is 1.48 bits per heavy atom. The number of carbonyl (C=O) groups is 1. The molecule has 1 aromatic carbocycles. The van der Waals surface area contributed by atoms with E-state index in [1.807, 2.05) is 13.8 Å². The lowest BCUT2D eigenvalue weighted by Crippen LogP contribution is -2.07. The van der Waals surface area contributed by atoms with Gasteiger partial charge in [0.05, 0.1) is 23.0 Å². The van der Waals surface area contributed by atoms with E-state index in [0.717, 1.165) is 0 Å². The Kier molecular flexibility index (Phi) is 3.94. The summed E-state index contributed by atoms with van der Waals surface area (Å²) >= 11 is 0. The number of aromatic nitrogens is 2. The maximum Gasteiger partial charge on any atom is 0.339 e. The Bertz CT molecular complexity index is 726. The van der Waals surface area contributed by atoms with Crippen LogP contribution in [0.15, 0.2) is 24.4 Å². The summed E-state index contributed by atoms with van der Waals surface area (Å²) in [4.78, 5) is 11.0. The highest BCUT2D eigenvalue weighted by molar-refractivity contribution is 5.88. The molecule has 0 saturated heterocycles. The predicted octanol–water partition coefficient (Wildman–Crippen LogP) is 2.54. The average molecular weight is 285 g/mol. The number of rotatable bonds is 4. The molecule has 21 heavy (non-hydrogen) atoms. The molecule has 108 valence electrons. The SMILES string of the molecule is Cc1nn(-c2ccc(OC(C)C)c(C#N)c2)cc1C(=O)O. The van der Waals surface area contributed by atoms with Crippen molar-refractivity contribution >= 4 is 5.97 Å². The molecule has 0 aliphatic heterocycles. The fraction of sp³-hybridized carbons (Fsp3) is 0.267. The van der Waals surface area contributed by atoms with Gasteiger partial charge in [0.2, 0.25) is 0 Å². The van der Waals surface area contributed by atoms with Crippen molar-refractivity contribution in [1.82, 2.24) is 9.78 Å². The molecule has 0 aliphatic rings. The van der Waals surface area contributed by atoms with E-state index in [1.54, 1.807) is 25.1 Å². The van der Waals surface area contributed by atoms with Crippen molar-refractivity contribution in [1.29, 1.82) is 5.26 Å². The van der Waals surface area contributed by atoms with E-state index < -0.39 is 5.97 Å². The van der Waals surface area contributed by atoms with Gasteiger partial charge in [-0.25, -0.2) is 9.48 Å². The monoisotopic (exact) mass is 285 g/mol. The van der Waals surface area contributed by atoms with Gasteiger partial charge >= 0.3 is 5.97 Å². The Hall–Kier alpha value is -2.81. The van der Waals surface area contributed by atoms with E-state index in [0.29, 0.717) is 22.7 Å². The fourth-order valence-electron chi connectivity index (χ4n) is 1.91. The van der Waals surface area contributed by atoms with Crippen LogP contribution < -0.4 is 4.74 Å². The van der Waals surface area contributed by atoms with Crippen molar-refractivity contribution in [3.8, 4) is 17.5 Å². The minimum Gasteiger partial charge on any atom is -0.490 e. The second kappa shape index (κ2) is 5.67. The number of carboxylic acids is 1. The van der Waals surface area contributed by atoms with Gasteiger partial charge in [0.1, 0.15) is 17.4 Å². The molecule has 1 N–H and O–H groups in total. The lowest BCUT2D eigenvalue weighted by Gasteiger charge is -2.12. The number of benzene rings is 1. The minimum absolute atomic E-state index is 0.0338. The number of hydrogen-bond acceptors (Lipinski definition) is 4. The van der Waals surface area contributed by atoms with Gasteiger partial charge in [-0.3, -0.25) is 0 Å². The lowest BCUT2D eigenvalue weighted by molar-refractivity contribution is 0.0696. The molecule has 2 rings (SSSR count). The molecule has 0 atom stereocenters. The second-order valence-corrected chi connectivity index (χ2v) is 4.84. The number of hydrogen-bond donors (Lipinski definition) is 1. The summed E-state index contributed by atoms with van der Waals surface area (Å²) in [6, 6.07) is 7.11. The van der Waals surface area contributed by atoms with Gasteiger partial charge in [0, 0.05) is 6.20 Å². The highest BCUT2D eigenvalue weighted by Gasteiger charge is 2.14. The van der Waals surface area contributed by atoms with Gasteiger partial charge < -0.3 is 9.84 Å². The standard InChI is InChI=1S/C15H15N3O3/c1-9(2)21-14-5-4-12(6-11(14)7-16)18-8-13(15(19)20)10(3)17-18/h4-6,8-9H,1-3H3,(H,19,20). The molecule has 0 amide bonds. The van der Waals surface area contributed by atoms with Crippen LogP contribution in [0.1, 0.15) is 35.5 Å². The van der Waals surface area contributed by atoms with Gasteiger partial charge in [0.15, 0.2) is 0 Å². The zero-order valence-corrected chi connectivity index (χ0v) is 12.0. The second-order valence-electron chi connectivity index (χ2n) is 4.84. The van der Waals surface area contributed by atoms with Crippen molar-refractivity contribution < 1.29 is 14.6 Å². The molecule has 0 unspecified atom stereocenters. The molecule has 6 nitrogen and oxygen atoms in total. The van der Waals surface area contributed by atoms with Crippen molar-refractivity contribution in [2.45, 2.75) is 26.9 Å². The molecule has 0 saturated carbocycles. The van der Waals surface area contributed by atoms with Gasteiger partial charge in [-0.1, -0.05) is 0 Å². The van der Waals surface area contributed by atoms with Crippen LogP contribution in [-0.4, -0.2) is 27.0 Å². The molecule has 0 radical (unpaired) electrons. The third-order valence-corrected chi connectivity index (χ3v) is 2.84. The maximum absolute atomic E-state index is 11.0. The molecular formula is C15H15N3O3. The van der Waals surface area contributed by atoms with Gasteiger partial charge in [-0.05, 0) is 39.0 Å². The summed E-state index contributed by atoms with van der Waals surface area (Å²) in [6.45, 7) is 5.39. The van der Waals surface area contributed by atoms with Crippen molar-refractivity contribution in [3.63, 3.8) is 0 Å². The molecule has 0 aliphatic carbocycles. The predicted molar refractivity (Wildman–Crippen MR) is 75.7 cm³/mol. The molecule has 2 aromatic rings. The van der Waals surface area contributed by atoms with Crippen LogP contribution in [0, 0.1) is 18.3 Å². The molecule has 0 spiro atoms. The zero-order chi connectivity index (χ0) is 15.6. The minimum atomic E-state index is -1.03. The smallest absolute Gasteiger partial charge is 0.339 e. The van der Waals surface area contributed by atoms with E-state index >= 15 is 0 Å². The first kappa shape index (κ1) is 14.6. The first-order valence-corrected chi connectivity index (χ1v) is 6.43. The van der Waals surface area contributed by atoms with E-state index in [4.69, 9.17) is 9.84 Å². The summed E-state index contributed by atoms with van der Waals surface area (Å²) in [5.74, 6) is -0.530. The van der Waals surface area contributed by atoms with Crippen LogP contribution in [0.25, 0.3) is 5.69 Å². The Balaban J connectivity index is 2.44. The Morgan fingerprint density at radius 3 is 2.71 bits per heavy atom. The number of aryl methyl sites for hydroxylation is 1. The zero-order valence-electron chi connectivity index (χ0n) is 12.0. The summed E-state index contributed by atoms with van der Waals surface area (Å²) in [6.07, 6.45) is 1.39. The number of aromatic carboxylic acids is 1. The summed E-state index contributed by atoms with van der Waals surface area (Å²) in [5, 5.41) is 22.4. The largest absolute Gasteiger partial charge is 0.490 e. The van der Waals surface area contributed by atoms with E-state index in [-0.39, 0.29) is 11.7 Å². The maximum atomic E-state index is 11.0. The summed E-state index contributed by atoms with van der Waals surface area (Å²) < 4.78 is 6.99. The first-order chi connectivity index (χ1) is 9.92. The number of carboxylic acid groups (broad SMARTS) is 1. The highest BCUT2D eigenvalue weighted by atomic mass is 16.5. The van der Waals surface area contributed by atoms with Crippen LogP contribution in [0.5, 0.6) is 5.75 Å².